The van der Waals surface area contributed by atoms with Gasteiger partial charge in [0.1, 0.15) is 0 Å². The van der Waals surface area contributed by atoms with Gasteiger partial charge < -0.3 is 15.5 Å². The van der Waals surface area contributed by atoms with Gasteiger partial charge in [0.2, 0.25) is 0 Å². The molecular formula is C10H13NO4. The molecule has 0 aliphatic carbocycles. The zero-order chi connectivity index (χ0) is 11.5. The fourth-order valence-electron chi connectivity index (χ4n) is 0.620. The highest BCUT2D eigenvalue weighted by Crippen LogP contribution is 1.86. The molecule has 0 aromatic rings. The van der Waals surface area contributed by atoms with Gasteiger partial charge >= 0.3 is 11.9 Å². The molecule has 5 nitrogen and oxygen atoms in total. The second-order valence-corrected chi connectivity index (χ2v) is 2.56. The Morgan fingerprint density at radius 1 is 0.867 bits per heavy atom. The zero-order valence-electron chi connectivity index (χ0n) is 8.09. The van der Waals surface area contributed by atoms with Gasteiger partial charge in [-0.25, -0.2) is 0 Å². The Morgan fingerprint density at radius 2 is 1.27 bits per heavy atom. The molecule has 1 heterocycles. The average Bonchev–Trinajstić information content (AvgIpc) is 2.47. The number of allylic oxidation sites excluding steroid dienone is 4. The molecule has 15 heavy (non-hydrogen) atoms. The predicted octanol–water partition coefficient (Wildman–Crippen LogP) is 1.11. The lowest BCUT2D eigenvalue weighted by Gasteiger charge is -1.85. The maximum absolute atomic E-state index is 9.64. The number of hydrogen-bond acceptors (Lipinski definition) is 3. The molecule has 3 N–H and O–H groups in total. The quantitative estimate of drug-likeness (QED) is 0.651. The summed E-state index contributed by atoms with van der Waals surface area (Å²) in [6, 6.07) is 0. The lowest BCUT2D eigenvalue weighted by atomic mass is 10.3. The summed E-state index contributed by atoms with van der Waals surface area (Å²) in [6.45, 7) is 0. The summed E-state index contributed by atoms with van der Waals surface area (Å²) >= 11 is 0. The van der Waals surface area contributed by atoms with Crippen LogP contribution in [0.3, 0.4) is 0 Å². The molecule has 1 aliphatic heterocycles. The first-order chi connectivity index (χ1) is 7.13. The molecule has 0 unspecified atom stereocenters. The van der Waals surface area contributed by atoms with Crippen LogP contribution in [-0.4, -0.2) is 22.2 Å². The molecule has 0 amide bonds. The third kappa shape index (κ3) is 12.0. The molecule has 0 atom stereocenters. The second-order valence-electron chi connectivity index (χ2n) is 2.56. The summed E-state index contributed by atoms with van der Waals surface area (Å²) in [5.74, 6) is -2.15. The number of nitrogens with one attached hydrogen (secondary N) is 1. The minimum absolute atomic E-state index is 0.296. The van der Waals surface area contributed by atoms with E-state index in [9.17, 15) is 9.59 Å². The minimum atomic E-state index is -1.08. The van der Waals surface area contributed by atoms with Crippen LogP contribution in [0, 0.1) is 0 Å². The maximum atomic E-state index is 9.64. The highest BCUT2D eigenvalue weighted by molar-refractivity contribution is 5.75. The van der Waals surface area contributed by atoms with Crippen LogP contribution in [-0.2, 0) is 9.59 Å². The van der Waals surface area contributed by atoms with E-state index in [0.717, 1.165) is 0 Å². The van der Waals surface area contributed by atoms with E-state index < -0.39 is 11.9 Å². The summed E-state index contributed by atoms with van der Waals surface area (Å²) in [4.78, 5) is 19.3. The number of aliphatic carboxylic acids is 2. The first-order valence-corrected chi connectivity index (χ1v) is 4.31. The van der Waals surface area contributed by atoms with Crippen LogP contribution in [0.4, 0.5) is 0 Å². The van der Waals surface area contributed by atoms with Crippen molar-refractivity contribution in [1.82, 2.24) is 5.32 Å². The summed E-state index contributed by atoms with van der Waals surface area (Å²) in [5, 5.41) is 18.7. The largest absolute Gasteiger partial charge is 0.481 e. The fourth-order valence-corrected chi connectivity index (χ4v) is 0.620. The van der Waals surface area contributed by atoms with Crippen molar-refractivity contribution in [2.24, 2.45) is 0 Å². The second kappa shape index (κ2) is 8.55. The van der Waals surface area contributed by atoms with Crippen molar-refractivity contribution in [2.45, 2.75) is 12.8 Å². The van der Waals surface area contributed by atoms with Crippen LogP contribution in [0.2, 0.25) is 0 Å². The molecule has 0 radical (unpaired) electrons. The molecule has 0 bridgehead atoms. The van der Waals surface area contributed by atoms with Crippen molar-refractivity contribution < 1.29 is 19.8 Å². The van der Waals surface area contributed by atoms with Crippen molar-refractivity contribution in [3.8, 4) is 0 Å². The Labute approximate surface area is 87.4 Å². The molecule has 0 spiro atoms. The standard InChI is InChI=1S/C6H7N.C4H6O4/c1-2-4-6-7-5-3-1;5-3(6)1-2-4(7)8/h1-7H;1-2H2,(H,5,6)(H,7,8). The lowest BCUT2D eigenvalue weighted by molar-refractivity contribution is -0.143. The van der Waals surface area contributed by atoms with E-state index in [-0.39, 0.29) is 12.8 Å². The van der Waals surface area contributed by atoms with Gasteiger partial charge in [-0.3, -0.25) is 9.59 Å². The average molecular weight is 211 g/mol. The summed E-state index contributed by atoms with van der Waals surface area (Å²) in [5.41, 5.74) is 0. The third-order valence-corrected chi connectivity index (χ3v) is 1.27. The summed E-state index contributed by atoms with van der Waals surface area (Å²) in [6.07, 6.45) is 11.0. The smallest absolute Gasteiger partial charge is 0.303 e. The van der Waals surface area contributed by atoms with E-state index in [1.807, 2.05) is 36.7 Å². The van der Waals surface area contributed by atoms with Crippen molar-refractivity contribution >= 4 is 11.9 Å². The number of carbonyl (C=O) groups is 2. The van der Waals surface area contributed by atoms with Gasteiger partial charge in [-0.15, -0.1) is 0 Å². The van der Waals surface area contributed by atoms with Crippen LogP contribution in [0.25, 0.3) is 0 Å². The molecule has 0 fully saturated rings. The maximum Gasteiger partial charge on any atom is 0.303 e. The van der Waals surface area contributed by atoms with Gasteiger partial charge in [-0.05, 0) is 12.2 Å². The van der Waals surface area contributed by atoms with Crippen LogP contribution in [0.5, 0.6) is 0 Å². The number of hydrogen-bond donors (Lipinski definition) is 3. The Balaban J connectivity index is 0.000000262. The van der Waals surface area contributed by atoms with Crippen molar-refractivity contribution in [3.05, 3.63) is 36.7 Å². The monoisotopic (exact) mass is 211 g/mol. The highest BCUT2D eigenvalue weighted by Gasteiger charge is 2.00. The molecule has 1 rings (SSSR count). The van der Waals surface area contributed by atoms with Gasteiger partial charge in [-0.2, -0.15) is 0 Å². The van der Waals surface area contributed by atoms with E-state index in [4.69, 9.17) is 10.2 Å². The van der Waals surface area contributed by atoms with Gasteiger partial charge in [-0.1, -0.05) is 12.2 Å². The Bertz CT molecular complexity index is 264. The lowest BCUT2D eigenvalue weighted by Crippen LogP contribution is -2.00. The number of carboxylic acids is 2. The van der Waals surface area contributed by atoms with E-state index in [1.165, 1.54) is 0 Å². The van der Waals surface area contributed by atoms with Gasteiger partial charge in [0.25, 0.3) is 0 Å². The minimum Gasteiger partial charge on any atom is -0.481 e. The highest BCUT2D eigenvalue weighted by atomic mass is 16.4. The molecule has 0 aromatic carbocycles. The first-order valence-electron chi connectivity index (χ1n) is 4.31. The molecular weight excluding hydrogens is 198 g/mol. The molecule has 0 saturated carbocycles. The van der Waals surface area contributed by atoms with Crippen LogP contribution in [0.1, 0.15) is 12.8 Å². The van der Waals surface area contributed by atoms with Crippen LogP contribution < -0.4 is 5.32 Å². The first kappa shape index (κ1) is 13.0. The van der Waals surface area contributed by atoms with E-state index in [0.29, 0.717) is 0 Å². The topological polar surface area (TPSA) is 86.6 Å². The third-order valence-electron chi connectivity index (χ3n) is 1.27. The summed E-state index contributed by atoms with van der Waals surface area (Å²) in [7, 11) is 0. The van der Waals surface area contributed by atoms with E-state index in [1.54, 1.807) is 0 Å². The van der Waals surface area contributed by atoms with Gasteiger partial charge in [0, 0.05) is 12.4 Å². The van der Waals surface area contributed by atoms with Crippen molar-refractivity contribution in [3.63, 3.8) is 0 Å². The van der Waals surface area contributed by atoms with Gasteiger partial charge in [0.15, 0.2) is 0 Å². The Morgan fingerprint density at radius 3 is 1.60 bits per heavy atom. The van der Waals surface area contributed by atoms with E-state index >= 15 is 0 Å². The number of carboxylic acid groups (broad SMARTS) is 2. The predicted molar refractivity (Wildman–Crippen MR) is 55.1 cm³/mol. The fraction of sp³-hybridized carbons (Fsp3) is 0.200. The Kier molecular flexibility index (Phi) is 7.39. The molecule has 1 aliphatic rings. The van der Waals surface area contributed by atoms with Crippen LogP contribution in [0.15, 0.2) is 36.7 Å². The van der Waals surface area contributed by atoms with Gasteiger partial charge in [0.05, 0.1) is 12.8 Å². The zero-order valence-corrected chi connectivity index (χ0v) is 8.09. The summed E-state index contributed by atoms with van der Waals surface area (Å²) < 4.78 is 0. The van der Waals surface area contributed by atoms with Crippen molar-refractivity contribution in [2.75, 3.05) is 0 Å². The number of rotatable bonds is 3. The normalized spacial score (nSPS) is 12.0. The molecule has 0 aromatic heterocycles. The molecule has 0 saturated heterocycles. The van der Waals surface area contributed by atoms with Crippen LogP contribution >= 0.6 is 0 Å². The molecule has 5 heteroatoms. The SMILES string of the molecule is C1=CC=CNC=C1.O=C(O)CCC(=O)O. The van der Waals surface area contributed by atoms with E-state index in [2.05, 4.69) is 5.32 Å². The van der Waals surface area contributed by atoms with Crippen molar-refractivity contribution in [1.29, 1.82) is 0 Å². The molecule has 82 valence electrons. The Hall–Kier alpha value is -2.04.